The fourth-order valence-electron chi connectivity index (χ4n) is 2.55. The van der Waals surface area contributed by atoms with Crippen LogP contribution in [-0.2, 0) is 12.0 Å². The molecule has 1 fully saturated rings. The Labute approximate surface area is 85.3 Å². The van der Waals surface area contributed by atoms with Crippen molar-refractivity contribution in [3.63, 3.8) is 0 Å². The molecule has 3 nitrogen and oxygen atoms in total. The zero-order valence-corrected chi connectivity index (χ0v) is 8.87. The van der Waals surface area contributed by atoms with Crippen LogP contribution in [-0.4, -0.2) is 16.3 Å². The first-order valence-corrected chi connectivity index (χ1v) is 5.55. The van der Waals surface area contributed by atoms with Gasteiger partial charge in [0.05, 0.1) is 0 Å². The summed E-state index contributed by atoms with van der Waals surface area (Å²) in [5, 5.41) is 4.34. The van der Waals surface area contributed by atoms with Gasteiger partial charge in [0, 0.05) is 23.9 Å². The van der Waals surface area contributed by atoms with Crippen molar-refractivity contribution in [2.24, 2.45) is 5.73 Å². The highest BCUT2D eigenvalue weighted by Crippen LogP contribution is 2.45. The van der Waals surface area contributed by atoms with Crippen molar-refractivity contribution < 1.29 is 0 Å². The van der Waals surface area contributed by atoms with Crippen LogP contribution in [0, 0.1) is 0 Å². The van der Waals surface area contributed by atoms with Gasteiger partial charge in [-0.05, 0) is 38.8 Å². The highest BCUT2D eigenvalue weighted by atomic mass is 15.3. The molecule has 1 aliphatic carbocycles. The molecule has 0 radical (unpaired) electrons. The van der Waals surface area contributed by atoms with Crippen LogP contribution in [0.3, 0.4) is 0 Å². The second-order valence-electron chi connectivity index (χ2n) is 4.20. The lowest BCUT2D eigenvalue weighted by molar-refractivity contribution is 0.212. The van der Waals surface area contributed by atoms with Crippen molar-refractivity contribution in [3.05, 3.63) is 18.0 Å². The Kier molecular flexibility index (Phi) is 2.59. The Bertz CT molecular complexity index is 299. The molecule has 1 aliphatic rings. The number of hydrogen-bond acceptors (Lipinski definition) is 2. The summed E-state index contributed by atoms with van der Waals surface area (Å²) in [6, 6.07) is 2.16. The highest BCUT2D eigenvalue weighted by molar-refractivity contribution is 5.20. The molecule has 78 valence electrons. The summed E-state index contributed by atoms with van der Waals surface area (Å²) >= 11 is 0. The van der Waals surface area contributed by atoms with Crippen LogP contribution in [0.4, 0.5) is 0 Å². The Morgan fingerprint density at radius 3 is 2.86 bits per heavy atom. The van der Waals surface area contributed by atoms with Crippen LogP contribution in [0.15, 0.2) is 12.3 Å². The maximum Gasteiger partial charge on any atom is 0.0492 e. The summed E-state index contributed by atoms with van der Waals surface area (Å²) in [6.45, 7) is 3.90. The van der Waals surface area contributed by atoms with Gasteiger partial charge in [0.15, 0.2) is 0 Å². The molecule has 1 heterocycles. The molecule has 1 aromatic heterocycles. The molecule has 0 amide bonds. The molecule has 0 unspecified atom stereocenters. The summed E-state index contributed by atoms with van der Waals surface area (Å²) in [6.07, 6.45) is 6.94. The fourth-order valence-corrected chi connectivity index (χ4v) is 2.55. The fraction of sp³-hybridized carbons (Fsp3) is 0.727. The number of rotatable bonds is 4. The van der Waals surface area contributed by atoms with E-state index in [9.17, 15) is 0 Å². The first-order valence-electron chi connectivity index (χ1n) is 5.55. The van der Waals surface area contributed by atoms with E-state index in [0.717, 1.165) is 19.5 Å². The van der Waals surface area contributed by atoms with Crippen molar-refractivity contribution in [3.8, 4) is 0 Å². The minimum absolute atomic E-state index is 0.362. The highest BCUT2D eigenvalue weighted by Gasteiger charge is 2.39. The maximum absolute atomic E-state index is 5.69. The van der Waals surface area contributed by atoms with Gasteiger partial charge in [-0.15, -0.1) is 0 Å². The van der Waals surface area contributed by atoms with E-state index in [0.29, 0.717) is 5.41 Å². The number of nitrogens with two attached hydrogens (primary N) is 1. The van der Waals surface area contributed by atoms with Crippen LogP contribution in [0.2, 0.25) is 0 Å². The minimum atomic E-state index is 0.362. The molecule has 0 aliphatic heterocycles. The van der Waals surface area contributed by atoms with Gasteiger partial charge in [0.2, 0.25) is 0 Å². The van der Waals surface area contributed by atoms with E-state index in [1.807, 2.05) is 6.20 Å². The maximum atomic E-state index is 5.69. The van der Waals surface area contributed by atoms with Crippen molar-refractivity contribution in [2.45, 2.75) is 44.6 Å². The van der Waals surface area contributed by atoms with Gasteiger partial charge in [-0.1, -0.05) is 6.42 Å². The molecule has 2 N–H and O–H groups in total. The van der Waals surface area contributed by atoms with Gasteiger partial charge in [-0.2, -0.15) is 5.10 Å². The lowest BCUT2D eigenvalue weighted by Gasteiger charge is -2.42. The average molecular weight is 193 g/mol. The van der Waals surface area contributed by atoms with Crippen LogP contribution in [0.1, 0.15) is 38.3 Å². The van der Waals surface area contributed by atoms with Crippen LogP contribution >= 0.6 is 0 Å². The molecule has 0 atom stereocenters. The largest absolute Gasteiger partial charge is 0.330 e. The molecular weight excluding hydrogens is 174 g/mol. The van der Waals surface area contributed by atoms with Crippen LogP contribution in [0.25, 0.3) is 0 Å². The first kappa shape index (κ1) is 9.71. The van der Waals surface area contributed by atoms with Crippen molar-refractivity contribution in [2.75, 3.05) is 6.54 Å². The summed E-state index contributed by atoms with van der Waals surface area (Å²) in [4.78, 5) is 0. The average Bonchev–Trinajstić information content (AvgIpc) is 2.59. The molecule has 1 aromatic rings. The Balaban J connectivity index is 2.26. The lowest BCUT2D eigenvalue weighted by Crippen LogP contribution is -2.38. The van der Waals surface area contributed by atoms with E-state index in [-0.39, 0.29) is 0 Å². The zero-order chi connectivity index (χ0) is 10.0. The number of nitrogens with zero attached hydrogens (tertiary/aromatic N) is 2. The van der Waals surface area contributed by atoms with Gasteiger partial charge in [0.1, 0.15) is 0 Å². The van der Waals surface area contributed by atoms with Crippen LogP contribution < -0.4 is 5.73 Å². The molecule has 0 saturated heterocycles. The van der Waals surface area contributed by atoms with Gasteiger partial charge in [0.25, 0.3) is 0 Å². The molecule has 0 spiro atoms. The summed E-state index contributed by atoms with van der Waals surface area (Å²) in [7, 11) is 0. The zero-order valence-electron chi connectivity index (χ0n) is 8.87. The topological polar surface area (TPSA) is 43.8 Å². The quantitative estimate of drug-likeness (QED) is 0.790. The van der Waals surface area contributed by atoms with Gasteiger partial charge in [-0.25, -0.2) is 0 Å². The number of aryl methyl sites for hydroxylation is 1. The van der Waals surface area contributed by atoms with E-state index >= 15 is 0 Å². The Morgan fingerprint density at radius 2 is 2.36 bits per heavy atom. The van der Waals surface area contributed by atoms with E-state index in [1.165, 1.54) is 25.0 Å². The third-order valence-corrected chi connectivity index (χ3v) is 3.49. The monoisotopic (exact) mass is 193 g/mol. The molecular formula is C11H19N3. The smallest absolute Gasteiger partial charge is 0.0492 e. The predicted molar refractivity (Wildman–Crippen MR) is 57.1 cm³/mol. The van der Waals surface area contributed by atoms with Gasteiger partial charge >= 0.3 is 0 Å². The lowest BCUT2D eigenvalue weighted by atomic mass is 9.64. The van der Waals surface area contributed by atoms with E-state index < -0.39 is 0 Å². The minimum Gasteiger partial charge on any atom is -0.330 e. The summed E-state index contributed by atoms with van der Waals surface area (Å²) < 4.78 is 2.12. The molecule has 0 bridgehead atoms. The third kappa shape index (κ3) is 1.36. The molecule has 0 aromatic carbocycles. The number of hydrogen-bond donors (Lipinski definition) is 1. The van der Waals surface area contributed by atoms with Gasteiger partial charge < -0.3 is 5.73 Å². The first-order chi connectivity index (χ1) is 6.82. The van der Waals surface area contributed by atoms with E-state index in [4.69, 9.17) is 5.73 Å². The van der Waals surface area contributed by atoms with Crippen LogP contribution in [0.5, 0.6) is 0 Å². The van der Waals surface area contributed by atoms with E-state index in [2.05, 4.69) is 22.8 Å². The van der Waals surface area contributed by atoms with Crippen molar-refractivity contribution in [1.82, 2.24) is 9.78 Å². The summed E-state index contributed by atoms with van der Waals surface area (Å²) in [5.41, 5.74) is 7.45. The second kappa shape index (κ2) is 3.73. The third-order valence-electron chi connectivity index (χ3n) is 3.49. The number of aromatic nitrogens is 2. The molecule has 3 heteroatoms. The van der Waals surface area contributed by atoms with Crippen molar-refractivity contribution >= 4 is 0 Å². The Morgan fingerprint density at radius 1 is 1.57 bits per heavy atom. The molecule has 1 saturated carbocycles. The summed E-state index contributed by atoms with van der Waals surface area (Å²) in [5.74, 6) is 0. The Hall–Kier alpha value is -0.830. The second-order valence-corrected chi connectivity index (χ2v) is 4.20. The molecule has 2 rings (SSSR count). The van der Waals surface area contributed by atoms with Gasteiger partial charge in [-0.3, -0.25) is 4.68 Å². The van der Waals surface area contributed by atoms with E-state index in [1.54, 1.807) is 0 Å². The molecule has 14 heavy (non-hydrogen) atoms. The standard InChI is InChI=1S/C11H19N3/c1-2-14-10(4-9-13-14)11(7-8-12)5-3-6-11/h4,9H,2-3,5-8,12H2,1H3. The normalized spacial score (nSPS) is 19.3. The predicted octanol–water partition coefficient (Wildman–Crippen LogP) is 1.67. The van der Waals surface area contributed by atoms with Crippen molar-refractivity contribution in [1.29, 1.82) is 0 Å². The SMILES string of the molecule is CCn1nccc1C1(CCN)CCC1.